The van der Waals surface area contributed by atoms with Crippen LogP contribution in [-0.2, 0) is 11.8 Å². The summed E-state index contributed by atoms with van der Waals surface area (Å²) in [5.41, 5.74) is 2.04. The molecule has 1 amide bonds. The van der Waals surface area contributed by atoms with E-state index in [-0.39, 0.29) is 33.7 Å². The average molecular weight is 435 g/mol. The van der Waals surface area contributed by atoms with Gasteiger partial charge in [0, 0.05) is 32.1 Å². The number of nitro groups is 1. The molecule has 0 spiro atoms. The molecular weight excluding hydrogens is 410 g/mol. The molecule has 1 aliphatic heterocycles. The third-order valence-electron chi connectivity index (χ3n) is 6.09. The molecule has 9 heteroatoms. The Morgan fingerprint density at radius 3 is 2.34 bits per heavy atom. The number of rotatable bonds is 5. The van der Waals surface area contributed by atoms with Crippen molar-refractivity contribution in [2.24, 2.45) is 13.0 Å². The van der Waals surface area contributed by atoms with Crippen LogP contribution in [0.3, 0.4) is 0 Å². The lowest BCUT2D eigenvalue weighted by atomic mass is 9.95. The van der Waals surface area contributed by atoms with Crippen LogP contribution in [0.5, 0.6) is 0 Å². The third-order valence-corrected chi connectivity index (χ3v) is 6.09. The molecule has 0 bridgehead atoms. The van der Waals surface area contributed by atoms with Crippen molar-refractivity contribution in [3.8, 4) is 5.69 Å². The van der Waals surface area contributed by atoms with Crippen molar-refractivity contribution in [3.05, 3.63) is 80.8 Å². The Morgan fingerprint density at radius 1 is 1.06 bits per heavy atom. The zero-order valence-electron chi connectivity index (χ0n) is 18.0. The highest BCUT2D eigenvalue weighted by molar-refractivity contribution is 5.93. The first-order valence-corrected chi connectivity index (χ1v) is 10.5. The molecular formula is C23H25N5O4. The topological polar surface area (TPSA) is 102 Å². The number of nitrogens with one attached hydrogen (secondary N) is 1. The largest absolute Gasteiger partial charge is 0.366 e. The van der Waals surface area contributed by atoms with Crippen molar-refractivity contribution in [1.82, 2.24) is 9.36 Å². The molecule has 0 atom stereocenters. The second kappa shape index (κ2) is 8.70. The molecule has 1 saturated heterocycles. The molecule has 166 valence electrons. The van der Waals surface area contributed by atoms with Crippen LogP contribution in [-0.4, -0.2) is 33.3 Å². The number of aromatic nitrogens is 2. The molecule has 9 nitrogen and oxygen atoms in total. The first kappa shape index (κ1) is 21.4. The second-order valence-corrected chi connectivity index (χ2v) is 7.93. The minimum absolute atomic E-state index is 0.0665. The van der Waals surface area contributed by atoms with E-state index in [9.17, 15) is 19.7 Å². The van der Waals surface area contributed by atoms with E-state index in [2.05, 4.69) is 5.32 Å². The molecule has 2 aromatic carbocycles. The maximum atomic E-state index is 13.0. The smallest absolute Gasteiger partial charge is 0.295 e. The molecule has 4 rings (SSSR count). The van der Waals surface area contributed by atoms with Gasteiger partial charge in [0.15, 0.2) is 0 Å². The fourth-order valence-corrected chi connectivity index (χ4v) is 4.21. The van der Waals surface area contributed by atoms with Gasteiger partial charge < -0.3 is 10.2 Å². The van der Waals surface area contributed by atoms with Gasteiger partial charge in [0.05, 0.1) is 16.3 Å². The van der Waals surface area contributed by atoms with Crippen LogP contribution in [0, 0.1) is 23.0 Å². The molecule has 3 aromatic rings. The van der Waals surface area contributed by atoms with Gasteiger partial charge in [-0.05, 0) is 38.0 Å². The standard InChI is InChI=1S/C23H25N5O4/c1-16-21(23(30)27(25(16)2)18-8-4-3-5-9-18)24-22(29)17-12-14-26(15-13-17)19-10-6-7-11-20(19)28(31)32/h3-11,17H,12-15H2,1-2H3,(H,24,29). The van der Waals surface area contributed by atoms with E-state index in [4.69, 9.17) is 0 Å². The van der Waals surface area contributed by atoms with Gasteiger partial charge in [-0.25, -0.2) is 4.68 Å². The number of anilines is 2. The van der Waals surface area contributed by atoms with E-state index in [0.29, 0.717) is 37.3 Å². The van der Waals surface area contributed by atoms with Crippen LogP contribution < -0.4 is 15.8 Å². The van der Waals surface area contributed by atoms with Crippen molar-refractivity contribution in [1.29, 1.82) is 0 Å². The SMILES string of the molecule is Cc1c(NC(=O)C2CCN(c3ccccc3[N+](=O)[O-])CC2)c(=O)n(-c2ccccc2)n1C. The second-order valence-electron chi connectivity index (χ2n) is 7.93. The molecule has 0 unspecified atom stereocenters. The Balaban J connectivity index is 1.48. The zero-order chi connectivity index (χ0) is 22.8. The lowest BCUT2D eigenvalue weighted by Gasteiger charge is -2.32. The molecule has 1 aliphatic rings. The molecule has 0 aliphatic carbocycles. The third kappa shape index (κ3) is 3.89. The van der Waals surface area contributed by atoms with E-state index >= 15 is 0 Å². The maximum absolute atomic E-state index is 13.0. The molecule has 1 N–H and O–H groups in total. The number of para-hydroxylation sites is 3. The van der Waals surface area contributed by atoms with Crippen LogP contribution >= 0.6 is 0 Å². The van der Waals surface area contributed by atoms with Gasteiger partial charge in [-0.15, -0.1) is 0 Å². The van der Waals surface area contributed by atoms with Gasteiger partial charge in [-0.1, -0.05) is 30.3 Å². The van der Waals surface area contributed by atoms with Gasteiger partial charge in [-0.2, -0.15) is 0 Å². The Bertz CT molecular complexity index is 1210. The van der Waals surface area contributed by atoms with Crippen molar-refractivity contribution >= 4 is 23.0 Å². The normalized spacial score (nSPS) is 14.4. The minimum Gasteiger partial charge on any atom is -0.366 e. The van der Waals surface area contributed by atoms with Crippen LogP contribution in [0.25, 0.3) is 5.69 Å². The van der Waals surface area contributed by atoms with E-state index in [1.807, 2.05) is 35.2 Å². The highest BCUT2D eigenvalue weighted by Gasteiger charge is 2.29. The summed E-state index contributed by atoms with van der Waals surface area (Å²) >= 11 is 0. The Morgan fingerprint density at radius 2 is 1.69 bits per heavy atom. The van der Waals surface area contributed by atoms with E-state index in [1.165, 1.54) is 10.7 Å². The Kier molecular flexibility index (Phi) is 5.81. The van der Waals surface area contributed by atoms with E-state index in [0.717, 1.165) is 5.69 Å². The summed E-state index contributed by atoms with van der Waals surface area (Å²) < 4.78 is 3.26. The highest BCUT2D eigenvalue weighted by Crippen LogP contribution is 2.31. The fourth-order valence-electron chi connectivity index (χ4n) is 4.21. The number of amides is 1. The lowest BCUT2D eigenvalue weighted by molar-refractivity contribution is -0.384. The van der Waals surface area contributed by atoms with Crippen molar-refractivity contribution in [3.63, 3.8) is 0 Å². The van der Waals surface area contributed by atoms with E-state index < -0.39 is 0 Å². The van der Waals surface area contributed by atoms with Crippen molar-refractivity contribution in [2.45, 2.75) is 19.8 Å². The summed E-state index contributed by atoms with van der Waals surface area (Å²) in [6.07, 6.45) is 1.10. The molecule has 2 heterocycles. The fraction of sp³-hybridized carbons (Fsp3) is 0.304. The molecule has 32 heavy (non-hydrogen) atoms. The van der Waals surface area contributed by atoms with Crippen LogP contribution in [0.15, 0.2) is 59.4 Å². The summed E-state index contributed by atoms with van der Waals surface area (Å²) in [6.45, 7) is 2.86. The van der Waals surface area contributed by atoms with Crippen LogP contribution in [0.2, 0.25) is 0 Å². The Labute approximate surface area is 185 Å². The summed E-state index contributed by atoms with van der Waals surface area (Å²) in [5, 5.41) is 14.2. The number of hydrogen-bond donors (Lipinski definition) is 1. The number of benzene rings is 2. The Hall–Kier alpha value is -3.88. The molecule has 0 saturated carbocycles. The molecule has 0 radical (unpaired) electrons. The summed E-state index contributed by atoms with van der Waals surface area (Å²) in [4.78, 5) is 38.8. The van der Waals surface area contributed by atoms with Crippen molar-refractivity contribution in [2.75, 3.05) is 23.3 Å². The lowest BCUT2D eigenvalue weighted by Crippen LogP contribution is -2.39. The highest BCUT2D eigenvalue weighted by atomic mass is 16.6. The number of hydrogen-bond acceptors (Lipinski definition) is 5. The van der Waals surface area contributed by atoms with Gasteiger partial charge in [0.2, 0.25) is 5.91 Å². The predicted octanol–water partition coefficient (Wildman–Crippen LogP) is 3.25. The summed E-state index contributed by atoms with van der Waals surface area (Å²) in [7, 11) is 1.78. The zero-order valence-corrected chi connectivity index (χ0v) is 18.0. The van der Waals surface area contributed by atoms with Gasteiger partial charge >= 0.3 is 0 Å². The van der Waals surface area contributed by atoms with Crippen molar-refractivity contribution < 1.29 is 9.72 Å². The molecule has 1 aromatic heterocycles. The number of carbonyl (C=O) groups excluding carboxylic acids is 1. The van der Waals surface area contributed by atoms with Gasteiger partial charge in [0.25, 0.3) is 11.2 Å². The number of nitro benzene ring substituents is 1. The first-order valence-electron chi connectivity index (χ1n) is 10.5. The van der Waals surface area contributed by atoms with Crippen LogP contribution in [0.4, 0.5) is 17.1 Å². The van der Waals surface area contributed by atoms with Crippen LogP contribution in [0.1, 0.15) is 18.5 Å². The number of nitrogens with zero attached hydrogens (tertiary/aromatic N) is 4. The van der Waals surface area contributed by atoms with E-state index in [1.54, 1.807) is 36.9 Å². The maximum Gasteiger partial charge on any atom is 0.295 e. The number of piperidine rings is 1. The van der Waals surface area contributed by atoms with Gasteiger partial charge in [0.1, 0.15) is 11.4 Å². The summed E-state index contributed by atoms with van der Waals surface area (Å²) in [5.74, 6) is -0.462. The monoisotopic (exact) mass is 435 g/mol. The molecule has 1 fully saturated rings. The number of carbonyl (C=O) groups is 1. The first-order chi connectivity index (χ1) is 15.4. The predicted molar refractivity (Wildman–Crippen MR) is 122 cm³/mol. The van der Waals surface area contributed by atoms with Gasteiger partial charge in [-0.3, -0.25) is 24.4 Å². The average Bonchev–Trinajstić information content (AvgIpc) is 3.02. The summed E-state index contributed by atoms with van der Waals surface area (Å²) in [6, 6.07) is 15.9. The quantitative estimate of drug-likeness (QED) is 0.490. The minimum atomic E-state index is -0.385.